The minimum atomic E-state index is -4.51. The van der Waals surface area contributed by atoms with Crippen molar-refractivity contribution in [2.24, 2.45) is 0 Å². The maximum Gasteiger partial charge on any atom is 0.435 e. The molecule has 1 aromatic carbocycles. The quantitative estimate of drug-likeness (QED) is 0.321. The number of H-pyrrole nitrogens is 1. The first-order valence-electron chi connectivity index (χ1n) is 13.0. The zero-order chi connectivity index (χ0) is 27.2. The lowest BCUT2D eigenvalue weighted by atomic mass is 9.87. The van der Waals surface area contributed by atoms with E-state index in [1.807, 2.05) is 13.8 Å². The van der Waals surface area contributed by atoms with Crippen LogP contribution in [0.3, 0.4) is 0 Å². The molecule has 0 bridgehead atoms. The largest absolute Gasteiger partial charge is 0.435 e. The van der Waals surface area contributed by atoms with Crippen molar-refractivity contribution >= 4 is 16.8 Å². The highest BCUT2D eigenvalue weighted by Gasteiger charge is 2.34. The predicted molar refractivity (Wildman–Crippen MR) is 141 cm³/mol. The Balaban J connectivity index is 1.32. The van der Waals surface area contributed by atoms with Crippen molar-refractivity contribution in [1.29, 1.82) is 0 Å². The molecule has 1 aliphatic heterocycles. The lowest BCUT2D eigenvalue weighted by Crippen LogP contribution is -2.39. The Hall–Kier alpha value is -3.62. The van der Waals surface area contributed by atoms with Crippen molar-refractivity contribution in [3.8, 4) is 11.3 Å². The Morgan fingerprint density at radius 1 is 1.08 bits per heavy atom. The van der Waals surface area contributed by atoms with Crippen LogP contribution in [0.15, 0.2) is 42.6 Å². The highest BCUT2D eigenvalue weighted by molar-refractivity contribution is 5.92. The Morgan fingerprint density at radius 2 is 1.76 bits per heavy atom. The van der Waals surface area contributed by atoms with Crippen LogP contribution in [-0.2, 0) is 17.5 Å². The van der Waals surface area contributed by atoms with Crippen molar-refractivity contribution in [3.05, 3.63) is 70.8 Å². The second-order valence-electron chi connectivity index (χ2n) is 10.6. The number of benzene rings is 1. The van der Waals surface area contributed by atoms with Crippen LogP contribution in [0.2, 0.25) is 0 Å². The summed E-state index contributed by atoms with van der Waals surface area (Å²) in [5, 5.41) is 4.72. The van der Waals surface area contributed by atoms with Crippen LogP contribution in [0.1, 0.15) is 66.7 Å². The number of rotatable bonds is 5. The number of carbonyl (C=O) groups is 1. The second kappa shape index (κ2) is 9.93. The molecule has 9 heteroatoms. The summed E-state index contributed by atoms with van der Waals surface area (Å²) in [6, 6.07) is 11.7. The number of nitrogens with zero attached hydrogens (tertiary/aromatic N) is 4. The number of likely N-dealkylation sites (tertiary alicyclic amines) is 1. The van der Waals surface area contributed by atoms with E-state index < -0.39 is 11.9 Å². The third kappa shape index (κ3) is 5.19. The molecule has 1 N–H and O–H groups in total. The molecule has 6 nitrogen and oxygen atoms in total. The molecular formula is C29H32F3N5O. The van der Waals surface area contributed by atoms with E-state index in [2.05, 4.69) is 59.2 Å². The average Bonchev–Trinajstić information content (AvgIpc) is 3.48. The first-order chi connectivity index (χ1) is 18.0. The summed E-state index contributed by atoms with van der Waals surface area (Å²) < 4.78 is 39.5. The van der Waals surface area contributed by atoms with Crippen LogP contribution < -0.4 is 0 Å². The molecule has 0 unspecified atom stereocenters. The molecule has 5 rings (SSSR count). The van der Waals surface area contributed by atoms with Gasteiger partial charge in [0.1, 0.15) is 6.54 Å². The van der Waals surface area contributed by atoms with Gasteiger partial charge in [0.15, 0.2) is 5.69 Å². The number of pyridine rings is 1. The van der Waals surface area contributed by atoms with Crippen LogP contribution in [0.25, 0.3) is 22.2 Å². The van der Waals surface area contributed by atoms with E-state index in [9.17, 15) is 18.0 Å². The minimum Gasteiger partial charge on any atom is -0.354 e. The number of aryl methyl sites for hydroxylation is 2. The predicted octanol–water partition coefficient (Wildman–Crippen LogP) is 6.59. The van der Waals surface area contributed by atoms with E-state index >= 15 is 0 Å². The van der Waals surface area contributed by atoms with Gasteiger partial charge in [-0.25, -0.2) is 0 Å². The third-order valence-electron chi connectivity index (χ3n) is 7.36. The summed E-state index contributed by atoms with van der Waals surface area (Å²) in [6.07, 6.45) is -1.70. The molecule has 0 atom stereocenters. The van der Waals surface area contributed by atoms with E-state index in [-0.39, 0.29) is 12.5 Å². The highest BCUT2D eigenvalue weighted by atomic mass is 19.4. The van der Waals surface area contributed by atoms with Crippen LogP contribution in [0.5, 0.6) is 0 Å². The number of hydrogen-bond donors (Lipinski definition) is 1. The van der Waals surface area contributed by atoms with Crippen LogP contribution >= 0.6 is 0 Å². The van der Waals surface area contributed by atoms with E-state index in [4.69, 9.17) is 0 Å². The Labute approximate surface area is 219 Å². The molecule has 200 valence electrons. The van der Waals surface area contributed by atoms with Crippen LogP contribution in [0.4, 0.5) is 13.2 Å². The van der Waals surface area contributed by atoms with Crippen LogP contribution in [-0.4, -0.2) is 43.6 Å². The lowest BCUT2D eigenvalue weighted by molar-refractivity contribution is -0.142. The molecule has 0 aliphatic carbocycles. The zero-order valence-electron chi connectivity index (χ0n) is 22.1. The molecule has 1 aliphatic rings. The van der Waals surface area contributed by atoms with Gasteiger partial charge in [-0.2, -0.15) is 18.3 Å². The Bertz CT molecular complexity index is 1460. The van der Waals surface area contributed by atoms with Gasteiger partial charge < -0.3 is 9.88 Å². The van der Waals surface area contributed by atoms with Gasteiger partial charge in [-0.15, -0.1) is 0 Å². The first-order valence-corrected chi connectivity index (χ1v) is 13.0. The molecule has 1 fully saturated rings. The first kappa shape index (κ1) is 26.0. The summed E-state index contributed by atoms with van der Waals surface area (Å²) in [4.78, 5) is 22.6. The Kier molecular flexibility index (Phi) is 6.79. The van der Waals surface area contributed by atoms with Gasteiger partial charge in [0.25, 0.3) is 0 Å². The van der Waals surface area contributed by atoms with Crippen molar-refractivity contribution in [1.82, 2.24) is 24.6 Å². The minimum absolute atomic E-state index is 0.190. The fourth-order valence-electron chi connectivity index (χ4n) is 5.59. The number of alkyl halides is 3. The standard InChI is InChI=1S/C29H32F3N5O/c1-17(2)27-23-15-21(5-6-24(23)34-28(27)22-13-18(3)33-19(4)14-22)20-7-10-36(11-8-20)26(38)16-37-12-9-25(35-37)29(30,31)32/h5-6,9,12-15,17,20,34H,7-8,10-11,16H2,1-4H3. The van der Waals surface area contributed by atoms with Crippen molar-refractivity contribution in [2.45, 2.75) is 65.1 Å². The zero-order valence-corrected chi connectivity index (χ0v) is 22.1. The third-order valence-corrected chi connectivity index (χ3v) is 7.36. The maximum atomic E-state index is 12.8. The monoisotopic (exact) mass is 523 g/mol. The SMILES string of the molecule is Cc1cc(-c2[nH]c3ccc(C4CCN(C(=O)Cn5ccc(C(F)(F)F)n5)CC4)cc3c2C(C)C)cc(C)n1. The molecule has 0 saturated carbocycles. The summed E-state index contributed by atoms with van der Waals surface area (Å²) in [5.41, 5.74) is 6.91. The lowest BCUT2D eigenvalue weighted by Gasteiger charge is -2.32. The maximum absolute atomic E-state index is 12.8. The number of fused-ring (bicyclic) bond motifs is 1. The van der Waals surface area contributed by atoms with E-state index in [1.54, 1.807) is 4.90 Å². The molecule has 0 spiro atoms. The molecule has 1 amide bonds. The second-order valence-corrected chi connectivity index (χ2v) is 10.6. The summed E-state index contributed by atoms with van der Waals surface area (Å²) >= 11 is 0. The van der Waals surface area contributed by atoms with Crippen LogP contribution in [0, 0.1) is 13.8 Å². The summed E-state index contributed by atoms with van der Waals surface area (Å²) in [7, 11) is 0. The van der Waals surface area contributed by atoms with Gasteiger partial charge in [0, 0.05) is 47.1 Å². The molecule has 4 heterocycles. The summed E-state index contributed by atoms with van der Waals surface area (Å²) in [5.74, 6) is 0.423. The smallest absolute Gasteiger partial charge is 0.354 e. The fraction of sp³-hybridized carbons (Fsp3) is 0.414. The molecule has 38 heavy (non-hydrogen) atoms. The number of halogens is 3. The Morgan fingerprint density at radius 3 is 2.37 bits per heavy atom. The average molecular weight is 524 g/mol. The number of hydrogen-bond acceptors (Lipinski definition) is 3. The van der Waals surface area contributed by atoms with Gasteiger partial charge >= 0.3 is 6.18 Å². The van der Waals surface area contributed by atoms with Crippen molar-refractivity contribution in [3.63, 3.8) is 0 Å². The van der Waals surface area contributed by atoms with Crippen molar-refractivity contribution < 1.29 is 18.0 Å². The fourth-order valence-corrected chi connectivity index (χ4v) is 5.59. The number of aromatic nitrogens is 4. The molecule has 1 saturated heterocycles. The summed E-state index contributed by atoms with van der Waals surface area (Å²) in [6.45, 7) is 9.39. The highest BCUT2D eigenvalue weighted by Crippen LogP contribution is 2.38. The number of nitrogens with one attached hydrogen (secondary N) is 1. The van der Waals surface area contributed by atoms with E-state index in [0.717, 1.165) is 51.8 Å². The number of piperidine rings is 1. The van der Waals surface area contributed by atoms with E-state index in [1.165, 1.54) is 22.7 Å². The molecule has 4 aromatic rings. The number of carbonyl (C=O) groups excluding carboxylic acids is 1. The topological polar surface area (TPSA) is 66.8 Å². The molecule has 0 radical (unpaired) electrons. The molecular weight excluding hydrogens is 491 g/mol. The normalized spacial score (nSPS) is 15.1. The van der Waals surface area contributed by atoms with Gasteiger partial charge in [-0.1, -0.05) is 19.9 Å². The van der Waals surface area contributed by atoms with Gasteiger partial charge in [-0.05, 0) is 80.0 Å². The number of amides is 1. The number of aromatic amines is 1. The molecule has 3 aromatic heterocycles. The van der Waals surface area contributed by atoms with Crippen molar-refractivity contribution in [2.75, 3.05) is 13.1 Å². The van der Waals surface area contributed by atoms with Gasteiger partial charge in [0.05, 0.1) is 5.69 Å². The van der Waals surface area contributed by atoms with Gasteiger partial charge in [-0.3, -0.25) is 14.5 Å². The van der Waals surface area contributed by atoms with Gasteiger partial charge in [0.2, 0.25) is 5.91 Å². The van der Waals surface area contributed by atoms with E-state index in [0.29, 0.717) is 24.9 Å².